The van der Waals surface area contributed by atoms with Crippen LogP contribution in [0.3, 0.4) is 0 Å². The van der Waals surface area contributed by atoms with Crippen molar-refractivity contribution in [3.63, 3.8) is 0 Å². The third kappa shape index (κ3) is 8.63. The molecule has 0 aliphatic heterocycles. The summed E-state index contributed by atoms with van der Waals surface area (Å²) in [5, 5.41) is 3.45. The van der Waals surface area contributed by atoms with Crippen LogP contribution in [0.25, 0.3) is 0 Å². The Morgan fingerprint density at radius 2 is 1.29 bits per heavy atom. The van der Waals surface area contributed by atoms with E-state index in [0.29, 0.717) is 13.2 Å². The molecule has 0 radical (unpaired) electrons. The van der Waals surface area contributed by atoms with Gasteiger partial charge in [0.05, 0.1) is 6.61 Å². The van der Waals surface area contributed by atoms with Gasteiger partial charge in [0.2, 0.25) is 0 Å². The molecule has 0 saturated heterocycles. The van der Waals surface area contributed by atoms with Crippen LogP contribution < -0.4 is 19.5 Å². The number of para-hydroxylation sites is 1. The summed E-state index contributed by atoms with van der Waals surface area (Å²) < 4.78 is 17.3. The summed E-state index contributed by atoms with van der Waals surface area (Å²) in [7, 11) is 0. The molecule has 0 aromatic heterocycles. The fourth-order valence-corrected chi connectivity index (χ4v) is 3.16. The first-order chi connectivity index (χ1) is 15.3. The molecule has 0 bridgehead atoms. The van der Waals surface area contributed by atoms with E-state index in [1.54, 1.807) is 0 Å². The highest BCUT2D eigenvalue weighted by Crippen LogP contribution is 2.19. The maximum Gasteiger partial charge on any atom is 0.122 e. The van der Waals surface area contributed by atoms with E-state index in [4.69, 9.17) is 14.2 Å². The molecular formula is C27H33NO3. The molecule has 4 heteroatoms. The van der Waals surface area contributed by atoms with E-state index in [1.165, 1.54) is 24.8 Å². The number of hydrogen-bond donors (Lipinski definition) is 1. The quantitative estimate of drug-likeness (QED) is 0.295. The summed E-state index contributed by atoms with van der Waals surface area (Å²) in [5.41, 5.74) is 2.23. The van der Waals surface area contributed by atoms with E-state index < -0.39 is 0 Å². The molecule has 0 fully saturated rings. The molecule has 3 aromatic rings. The zero-order valence-corrected chi connectivity index (χ0v) is 18.4. The van der Waals surface area contributed by atoms with Crippen LogP contribution in [0.1, 0.15) is 38.2 Å². The monoisotopic (exact) mass is 419 g/mol. The zero-order valence-electron chi connectivity index (χ0n) is 18.4. The molecule has 0 saturated carbocycles. The van der Waals surface area contributed by atoms with Crippen LogP contribution in [-0.4, -0.2) is 19.8 Å². The summed E-state index contributed by atoms with van der Waals surface area (Å²) in [6, 6.07) is 26.1. The number of rotatable bonds is 14. The number of unbranched alkanes of at least 4 members (excludes halogenated alkanes) is 3. The molecule has 31 heavy (non-hydrogen) atoms. The molecule has 164 valence electrons. The van der Waals surface area contributed by atoms with Gasteiger partial charge in [-0.05, 0) is 48.4 Å². The van der Waals surface area contributed by atoms with Crippen LogP contribution in [0, 0.1) is 0 Å². The molecule has 0 heterocycles. The molecule has 1 N–H and O–H groups in total. The lowest BCUT2D eigenvalue weighted by Crippen LogP contribution is -2.09. The lowest BCUT2D eigenvalue weighted by atomic mass is 10.2. The van der Waals surface area contributed by atoms with Gasteiger partial charge in [-0.2, -0.15) is 0 Å². The fraction of sp³-hybridized carbons (Fsp3) is 0.333. The average molecular weight is 420 g/mol. The van der Waals surface area contributed by atoms with E-state index in [-0.39, 0.29) is 0 Å². The van der Waals surface area contributed by atoms with Gasteiger partial charge >= 0.3 is 0 Å². The topological polar surface area (TPSA) is 39.7 Å². The van der Waals surface area contributed by atoms with Gasteiger partial charge in [0.25, 0.3) is 0 Å². The molecule has 0 aliphatic carbocycles. The van der Waals surface area contributed by atoms with E-state index in [9.17, 15) is 0 Å². The molecule has 0 amide bonds. The second kappa shape index (κ2) is 13.2. The van der Waals surface area contributed by atoms with E-state index in [1.807, 2.05) is 66.7 Å². The highest BCUT2D eigenvalue weighted by atomic mass is 16.5. The Morgan fingerprint density at radius 3 is 2.06 bits per heavy atom. The van der Waals surface area contributed by atoms with Crippen LogP contribution in [-0.2, 0) is 6.54 Å². The molecule has 3 rings (SSSR count). The smallest absolute Gasteiger partial charge is 0.122 e. The van der Waals surface area contributed by atoms with Crippen molar-refractivity contribution in [3.8, 4) is 17.2 Å². The summed E-state index contributed by atoms with van der Waals surface area (Å²) in [4.78, 5) is 0. The standard InChI is InChI=1S/C27H33NO3/c1-2-3-4-8-18-29-26-16-14-23(15-17-26)22-28-24-10-9-13-27(21-24)31-20-19-30-25-11-6-5-7-12-25/h5-7,9-17,21,28H,2-4,8,18-20,22H2,1H3. The normalized spacial score (nSPS) is 10.5. The molecule has 4 nitrogen and oxygen atoms in total. The van der Waals surface area contributed by atoms with Crippen LogP contribution in [0.15, 0.2) is 78.9 Å². The van der Waals surface area contributed by atoms with Crippen molar-refractivity contribution in [1.29, 1.82) is 0 Å². The van der Waals surface area contributed by atoms with Gasteiger partial charge in [-0.3, -0.25) is 0 Å². The fourth-order valence-electron chi connectivity index (χ4n) is 3.16. The molecule has 3 aromatic carbocycles. The first-order valence-corrected chi connectivity index (χ1v) is 11.2. The second-order valence-electron chi connectivity index (χ2n) is 7.44. The zero-order chi connectivity index (χ0) is 21.6. The van der Waals surface area contributed by atoms with E-state index in [0.717, 1.165) is 42.5 Å². The number of nitrogens with one attached hydrogen (secondary N) is 1. The van der Waals surface area contributed by atoms with Gasteiger partial charge in [-0.15, -0.1) is 0 Å². The molecule has 0 unspecified atom stereocenters. The summed E-state index contributed by atoms with van der Waals surface area (Å²) in [6.07, 6.45) is 4.89. The Hall–Kier alpha value is -3.14. The minimum absolute atomic E-state index is 0.498. The van der Waals surface area contributed by atoms with Gasteiger partial charge in [0.1, 0.15) is 30.5 Å². The Labute approximate surface area is 186 Å². The van der Waals surface area contributed by atoms with Gasteiger partial charge < -0.3 is 19.5 Å². The molecule has 0 atom stereocenters. The van der Waals surface area contributed by atoms with Crippen LogP contribution in [0.2, 0.25) is 0 Å². The number of anilines is 1. The van der Waals surface area contributed by atoms with Crippen LogP contribution >= 0.6 is 0 Å². The van der Waals surface area contributed by atoms with Crippen LogP contribution in [0.5, 0.6) is 17.2 Å². The van der Waals surface area contributed by atoms with Gasteiger partial charge in [0.15, 0.2) is 0 Å². The minimum Gasteiger partial charge on any atom is -0.494 e. The lowest BCUT2D eigenvalue weighted by Gasteiger charge is -2.11. The molecular weight excluding hydrogens is 386 g/mol. The van der Waals surface area contributed by atoms with E-state index in [2.05, 4.69) is 24.4 Å². The Balaban J connectivity index is 1.37. The van der Waals surface area contributed by atoms with Crippen molar-refractivity contribution < 1.29 is 14.2 Å². The number of ether oxygens (including phenoxy) is 3. The van der Waals surface area contributed by atoms with Crippen molar-refractivity contribution in [3.05, 3.63) is 84.4 Å². The molecule has 0 aliphatic rings. The Bertz CT molecular complexity index is 865. The highest BCUT2D eigenvalue weighted by Gasteiger charge is 2.00. The largest absolute Gasteiger partial charge is 0.494 e. The Morgan fingerprint density at radius 1 is 0.613 bits per heavy atom. The third-order valence-electron chi connectivity index (χ3n) is 4.88. The predicted octanol–water partition coefficient (Wildman–Crippen LogP) is 6.72. The SMILES string of the molecule is CCCCCCOc1ccc(CNc2cccc(OCCOc3ccccc3)c2)cc1. The van der Waals surface area contributed by atoms with Crippen molar-refractivity contribution in [2.45, 2.75) is 39.2 Å². The summed E-state index contributed by atoms with van der Waals surface area (Å²) in [6.45, 7) is 4.77. The van der Waals surface area contributed by atoms with Crippen molar-refractivity contribution in [2.75, 3.05) is 25.1 Å². The maximum atomic E-state index is 5.82. The first-order valence-electron chi connectivity index (χ1n) is 11.2. The van der Waals surface area contributed by atoms with Crippen molar-refractivity contribution in [1.82, 2.24) is 0 Å². The van der Waals surface area contributed by atoms with Gasteiger partial charge in [-0.1, -0.05) is 62.6 Å². The first kappa shape index (κ1) is 22.5. The third-order valence-corrected chi connectivity index (χ3v) is 4.88. The highest BCUT2D eigenvalue weighted by molar-refractivity contribution is 5.48. The number of benzene rings is 3. The van der Waals surface area contributed by atoms with Gasteiger partial charge in [0, 0.05) is 18.3 Å². The molecule has 0 spiro atoms. The number of hydrogen-bond acceptors (Lipinski definition) is 4. The second-order valence-corrected chi connectivity index (χ2v) is 7.44. The summed E-state index contributed by atoms with van der Waals surface area (Å²) in [5.74, 6) is 2.62. The average Bonchev–Trinajstić information content (AvgIpc) is 2.82. The van der Waals surface area contributed by atoms with Gasteiger partial charge in [-0.25, -0.2) is 0 Å². The minimum atomic E-state index is 0.498. The van der Waals surface area contributed by atoms with Crippen molar-refractivity contribution >= 4 is 5.69 Å². The van der Waals surface area contributed by atoms with Crippen molar-refractivity contribution in [2.24, 2.45) is 0 Å². The van der Waals surface area contributed by atoms with E-state index >= 15 is 0 Å². The Kier molecular flexibility index (Phi) is 9.61. The lowest BCUT2D eigenvalue weighted by molar-refractivity contribution is 0.217. The summed E-state index contributed by atoms with van der Waals surface area (Å²) >= 11 is 0. The maximum absolute atomic E-state index is 5.82. The predicted molar refractivity (Wildman–Crippen MR) is 127 cm³/mol. The van der Waals surface area contributed by atoms with Crippen LogP contribution in [0.4, 0.5) is 5.69 Å².